The van der Waals surface area contributed by atoms with Gasteiger partial charge in [0.25, 0.3) is 5.92 Å². The van der Waals surface area contributed by atoms with Crippen LogP contribution in [0.4, 0.5) is 8.78 Å². The van der Waals surface area contributed by atoms with Crippen LogP contribution in [0.15, 0.2) is 0 Å². The Bertz CT molecular complexity index is 191. The van der Waals surface area contributed by atoms with Crippen molar-refractivity contribution in [3.8, 4) is 0 Å². The summed E-state index contributed by atoms with van der Waals surface area (Å²) in [6, 6.07) is 0. The molecule has 0 saturated carbocycles. The summed E-state index contributed by atoms with van der Waals surface area (Å²) >= 11 is 0. The molecule has 2 nitrogen and oxygen atoms in total. The molecule has 2 aliphatic heterocycles. The maximum Gasteiger partial charge on any atom is 0.261 e. The monoisotopic (exact) mass is 204 g/mol. The molecular formula is C10H18F2N2. The highest BCUT2D eigenvalue weighted by molar-refractivity contribution is 4.82. The molecule has 0 aliphatic carbocycles. The van der Waals surface area contributed by atoms with Crippen LogP contribution in [0.2, 0.25) is 0 Å². The van der Waals surface area contributed by atoms with E-state index in [0.29, 0.717) is 12.5 Å². The van der Waals surface area contributed by atoms with Crippen molar-refractivity contribution < 1.29 is 8.78 Å². The molecule has 2 heterocycles. The third-order valence-corrected chi connectivity index (χ3v) is 3.26. The summed E-state index contributed by atoms with van der Waals surface area (Å²) in [5, 5.41) is 3.30. The molecule has 14 heavy (non-hydrogen) atoms. The summed E-state index contributed by atoms with van der Waals surface area (Å²) in [6.07, 6.45) is 2.34. The standard InChI is InChI=1S/C10H18F2N2/c11-10(12)3-6-14(8-10)5-2-9-1-4-13-7-9/h9,13H,1-8H2. The lowest BCUT2D eigenvalue weighted by Gasteiger charge is -2.17. The van der Waals surface area contributed by atoms with Gasteiger partial charge in [0.1, 0.15) is 0 Å². The zero-order chi connectivity index (χ0) is 10.0. The lowest BCUT2D eigenvalue weighted by Crippen LogP contribution is -2.27. The topological polar surface area (TPSA) is 15.3 Å². The van der Waals surface area contributed by atoms with Crippen molar-refractivity contribution in [2.75, 3.05) is 32.7 Å². The average molecular weight is 204 g/mol. The fourth-order valence-corrected chi connectivity index (χ4v) is 2.32. The first kappa shape index (κ1) is 10.3. The average Bonchev–Trinajstić information content (AvgIpc) is 2.70. The molecule has 0 aromatic carbocycles. The zero-order valence-electron chi connectivity index (χ0n) is 8.44. The number of alkyl halides is 2. The summed E-state index contributed by atoms with van der Waals surface area (Å²) in [7, 11) is 0. The highest BCUT2D eigenvalue weighted by Gasteiger charge is 2.37. The molecule has 0 aromatic rings. The Hall–Kier alpha value is -0.220. The summed E-state index contributed by atoms with van der Waals surface area (Å²) in [5.41, 5.74) is 0. The van der Waals surface area contributed by atoms with Crippen LogP contribution in [0.25, 0.3) is 0 Å². The van der Waals surface area contributed by atoms with Gasteiger partial charge in [0.15, 0.2) is 0 Å². The van der Waals surface area contributed by atoms with Crippen LogP contribution in [0.3, 0.4) is 0 Å². The Morgan fingerprint density at radius 1 is 1.43 bits per heavy atom. The quantitative estimate of drug-likeness (QED) is 0.746. The van der Waals surface area contributed by atoms with Gasteiger partial charge in [-0.05, 0) is 38.4 Å². The van der Waals surface area contributed by atoms with Gasteiger partial charge in [-0.2, -0.15) is 0 Å². The Morgan fingerprint density at radius 2 is 2.29 bits per heavy atom. The Morgan fingerprint density at radius 3 is 2.86 bits per heavy atom. The second kappa shape index (κ2) is 4.11. The normalized spacial score (nSPS) is 32.6. The van der Waals surface area contributed by atoms with E-state index in [9.17, 15) is 8.78 Å². The van der Waals surface area contributed by atoms with Gasteiger partial charge in [0, 0.05) is 13.0 Å². The van der Waals surface area contributed by atoms with Crippen molar-refractivity contribution in [2.45, 2.75) is 25.2 Å². The highest BCUT2D eigenvalue weighted by Crippen LogP contribution is 2.27. The smallest absolute Gasteiger partial charge is 0.261 e. The fourth-order valence-electron chi connectivity index (χ4n) is 2.32. The molecule has 1 N–H and O–H groups in total. The minimum atomic E-state index is -2.42. The molecule has 0 aromatic heterocycles. The van der Waals surface area contributed by atoms with Gasteiger partial charge in [0.2, 0.25) is 0 Å². The minimum Gasteiger partial charge on any atom is -0.316 e. The van der Waals surface area contributed by atoms with Crippen LogP contribution in [0.5, 0.6) is 0 Å². The van der Waals surface area contributed by atoms with Gasteiger partial charge < -0.3 is 5.32 Å². The van der Waals surface area contributed by atoms with Gasteiger partial charge in [-0.1, -0.05) is 0 Å². The molecule has 2 fully saturated rings. The number of rotatable bonds is 3. The van der Waals surface area contributed by atoms with Crippen molar-refractivity contribution in [2.24, 2.45) is 5.92 Å². The molecule has 82 valence electrons. The summed E-state index contributed by atoms with van der Waals surface area (Å²) in [4.78, 5) is 1.90. The number of nitrogens with zero attached hydrogens (tertiary/aromatic N) is 1. The van der Waals surface area contributed by atoms with Gasteiger partial charge in [0.05, 0.1) is 6.54 Å². The van der Waals surface area contributed by atoms with E-state index < -0.39 is 5.92 Å². The third kappa shape index (κ3) is 2.64. The first-order valence-corrected chi connectivity index (χ1v) is 5.47. The molecular weight excluding hydrogens is 186 g/mol. The molecule has 1 unspecified atom stereocenters. The summed E-state index contributed by atoms with van der Waals surface area (Å²) in [6.45, 7) is 3.58. The van der Waals surface area contributed by atoms with Crippen LogP contribution in [0.1, 0.15) is 19.3 Å². The van der Waals surface area contributed by atoms with Crippen molar-refractivity contribution >= 4 is 0 Å². The molecule has 2 saturated heterocycles. The summed E-state index contributed by atoms with van der Waals surface area (Å²) < 4.78 is 25.7. The summed E-state index contributed by atoms with van der Waals surface area (Å²) in [5.74, 6) is -1.71. The maximum absolute atomic E-state index is 12.8. The Kier molecular flexibility index (Phi) is 3.02. The minimum absolute atomic E-state index is 0.0207. The van der Waals surface area contributed by atoms with Crippen molar-refractivity contribution in [1.29, 1.82) is 0 Å². The molecule has 0 spiro atoms. The van der Waals surface area contributed by atoms with Crippen LogP contribution < -0.4 is 5.32 Å². The largest absolute Gasteiger partial charge is 0.316 e. The predicted molar refractivity (Wildman–Crippen MR) is 51.6 cm³/mol. The van der Waals surface area contributed by atoms with E-state index in [2.05, 4.69) is 5.32 Å². The first-order valence-electron chi connectivity index (χ1n) is 5.47. The molecule has 2 aliphatic rings. The number of likely N-dealkylation sites (tertiary alicyclic amines) is 1. The third-order valence-electron chi connectivity index (χ3n) is 3.26. The van der Waals surface area contributed by atoms with E-state index in [1.54, 1.807) is 0 Å². The second-order valence-corrected chi connectivity index (χ2v) is 4.53. The van der Waals surface area contributed by atoms with Gasteiger partial charge in [-0.15, -0.1) is 0 Å². The van der Waals surface area contributed by atoms with Crippen molar-refractivity contribution in [1.82, 2.24) is 10.2 Å². The van der Waals surface area contributed by atoms with E-state index >= 15 is 0 Å². The molecule has 2 rings (SSSR count). The van der Waals surface area contributed by atoms with Crippen molar-refractivity contribution in [3.63, 3.8) is 0 Å². The fraction of sp³-hybridized carbons (Fsp3) is 1.00. The van der Waals surface area contributed by atoms with Crippen molar-refractivity contribution in [3.05, 3.63) is 0 Å². The number of nitrogens with one attached hydrogen (secondary N) is 1. The highest BCUT2D eigenvalue weighted by atomic mass is 19.3. The number of hydrogen-bond acceptors (Lipinski definition) is 2. The Labute approximate surface area is 83.7 Å². The van der Waals surface area contributed by atoms with Gasteiger partial charge in [-0.3, -0.25) is 4.90 Å². The first-order chi connectivity index (χ1) is 6.66. The van der Waals surface area contributed by atoms with E-state index in [0.717, 1.165) is 26.1 Å². The predicted octanol–water partition coefficient (Wildman–Crippen LogP) is 1.33. The number of hydrogen-bond donors (Lipinski definition) is 1. The van der Waals surface area contributed by atoms with Crippen LogP contribution in [-0.2, 0) is 0 Å². The number of halogens is 2. The van der Waals surface area contributed by atoms with E-state index in [1.165, 1.54) is 6.42 Å². The lowest BCUT2D eigenvalue weighted by molar-refractivity contribution is 0.0118. The molecule has 0 amide bonds. The molecule has 0 bridgehead atoms. The van der Waals surface area contributed by atoms with Gasteiger partial charge in [-0.25, -0.2) is 8.78 Å². The zero-order valence-corrected chi connectivity index (χ0v) is 8.44. The van der Waals surface area contributed by atoms with E-state index in [4.69, 9.17) is 0 Å². The molecule has 4 heteroatoms. The molecule has 1 atom stereocenters. The SMILES string of the molecule is FC1(F)CCN(CCC2CCNC2)C1. The Balaban J connectivity index is 1.66. The van der Waals surface area contributed by atoms with E-state index in [-0.39, 0.29) is 13.0 Å². The second-order valence-electron chi connectivity index (χ2n) is 4.53. The maximum atomic E-state index is 12.8. The lowest BCUT2D eigenvalue weighted by atomic mass is 10.1. The van der Waals surface area contributed by atoms with E-state index in [1.807, 2.05) is 4.90 Å². The van der Waals surface area contributed by atoms with Crippen LogP contribution >= 0.6 is 0 Å². The van der Waals surface area contributed by atoms with Crippen LogP contribution in [-0.4, -0.2) is 43.5 Å². The van der Waals surface area contributed by atoms with Gasteiger partial charge >= 0.3 is 0 Å². The van der Waals surface area contributed by atoms with Crippen LogP contribution in [0, 0.1) is 5.92 Å². The molecule has 0 radical (unpaired) electrons.